The Bertz CT molecular complexity index is 1040. The average molecular weight is 448 g/mol. The number of aliphatic hydroxyl groups is 1. The predicted molar refractivity (Wildman–Crippen MR) is 128 cm³/mol. The topological polar surface area (TPSA) is 67.8 Å². The van der Waals surface area contributed by atoms with Crippen LogP contribution < -0.4 is 5.32 Å². The molecule has 1 aliphatic heterocycles. The molecule has 5 heteroatoms. The van der Waals surface area contributed by atoms with Crippen molar-refractivity contribution in [3.05, 3.63) is 71.0 Å². The summed E-state index contributed by atoms with van der Waals surface area (Å²) in [6, 6.07) is 15.3. The first kappa shape index (κ1) is 22.2. The fraction of sp³-hybridized carbons (Fsp3) is 0.464. The normalized spacial score (nSPS) is 23.3. The van der Waals surface area contributed by atoms with Crippen molar-refractivity contribution in [1.29, 1.82) is 0 Å². The third kappa shape index (κ3) is 4.71. The first-order valence-corrected chi connectivity index (χ1v) is 12.3. The number of benzene rings is 2. The summed E-state index contributed by atoms with van der Waals surface area (Å²) in [7, 11) is 0. The van der Waals surface area contributed by atoms with E-state index in [9.17, 15) is 9.90 Å². The minimum absolute atomic E-state index is 0.0162. The largest absolute Gasteiger partial charge is 0.459 e. The van der Waals surface area contributed by atoms with Crippen LogP contribution in [-0.4, -0.2) is 37.1 Å². The monoisotopic (exact) mass is 447 g/mol. The van der Waals surface area contributed by atoms with Crippen molar-refractivity contribution in [1.82, 2.24) is 5.32 Å². The zero-order chi connectivity index (χ0) is 22.8. The van der Waals surface area contributed by atoms with Gasteiger partial charge in [0, 0.05) is 31.6 Å². The lowest BCUT2D eigenvalue weighted by Gasteiger charge is -2.37. The maximum atomic E-state index is 12.9. The molecule has 5 rings (SSSR count). The highest BCUT2D eigenvalue weighted by Gasteiger charge is 2.38. The van der Waals surface area contributed by atoms with E-state index in [0.717, 1.165) is 12.8 Å². The van der Waals surface area contributed by atoms with Crippen LogP contribution >= 0.6 is 0 Å². The standard InChI is InChI=1S/C28H33NO4/c1-2-32-28-24(8-5-13-30)25(16-26(33-28)27(31)29-17-18-9-10-18)20-11-12-23-21(15-20)14-19-6-3-4-7-22(19)23/h3-4,6-7,11-12,15-16,18,24-25,28,30H,2,5,8-10,13-14,17H2,1H3,(H,29,31)/t24-,25+,28+/m0/s1. The van der Waals surface area contributed by atoms with E-state index in [0.29, 0.717) is 31.2 Å². The van der Waals surface area contributed by atoms with Crippen molar-refractivity contribution in [2.24, 2.45) is 11.8 Å². The van der Waals surface area contributed by atoms with Gasteiger partial charge in [0.05, 0.1) is 0 Å². The van der Waals surface area contributed by atoms with Gasteiger partial charge in [0.2, 0.25) is 6.29 Å². The van der Waals surface area contributed by atoms with Crippen LogP contribution in [0.25, 0.3) is 11.1 Å². The zero-order valence-corrected chi connectivity index (χ0v) is 19.3. The van der Waals surface area contributed by atoms with Crippen LogP contribution in [0.4, 0.5) is 0 Å². The SMILES string of the molecule is CCO[C@@H]1OC(C(=O)NCC2CC2)=C[C@H](c2ccc3c(c2)Cc2ccccc2-3)[C@@H]1CCCO. The highest BCUT2D eigenvalue weighted by atomic mass is 16.7. The van der Waals surface area contributed by atoms with E-state index in [2.05, 4.69) is 47.8 Å². The summed E-state index contributed by atoms with van der Waals surface area (Å²) in [6.45, 7) is 3.28. The summed E-state index contributed by atoms with van der Waals surface area (Å²) in [5, 5.41) is 12.5. The number of amides is 1. The number of carbonyl (C=O) groups excluding carboxylic acids is 1. The molecule has 0 bridgehead atoms. The Kier molecular flexibility index (Phi) is 6.52. The molecule has 2 aliphatic carbocycles. The van der Waals surface area contributed by atoms with Gasteiger partial charge in [0.25, 0.3) is 5.91 Å². The smallest absolute Gasteiger partial charge is 0.286 e. The Morgan fingerprint density at radius 1 is 1.15 bits per heavy atom. The molecular formula is C28H33NO4. The van der Waals surface area contributed by atoms with Gasteiger partial charge in [0.1, 0.15) is 0 Å². The summed E-state index contributed by atoms with van der Waals surface area (Å²) in [5.74, 6) is 0.803. The summed E-state index contributed by atoms with van der Waals surface area (Å²) in [4.78, 5) is 12.9. The van der Waals surface area contributed by atoms with Crippen LogP contribution in [0.1, 0.15) is 55.2 Å². The molecule has 2 aromatic rings. The van der Waals surface area contributed by atoms with Gasteiger partial charge in [-0.1, -0.05) is 42.5 Å². The molecule has 0 aromatic heterocycles. The number of hydrogen-bond donors (Lipinski definition) is 2. The second-order valence-corrected chi connectivity index (χ2v) is 9.43. The van der Waals surface area contributed by atoms with Gasteiger partial charge in [-0.3, -0.25) is 4.79 Å². The lowest BCUT2D eigenvalue weighted by Crippen LogP contribution is -2.39. The first-order chi connectivity index (χ1) is 16.2. The lowest BCUT2D eigenvalue weighted by atomic mass is 9.80. The van der Waals surface area contributed by atoms with E-state index in [1.807, 2.05) is 13.0 Å². The van der Waals surface area contributed by atoms with Gasteiger partial charge < -0.3 is 19.9 Å². The molecule has 3 atom stereocenters. The predicted octanol–water partition coefficient (Wildman–Crippen LogP) is 4.53. The molecule has 0 spiro atoms. The van der Waals surface area contributed by atoms with Crippen LogP contribution in [0.15, 0.2) is 54.3 Å². The maximum Gasteiger partial charge on any atom is 0.286 e. The number of hydrogen-bond acceptors (Lipinski definition) is 4. The van der Waals surface area contributed by atoms with Gasteiger partial charge in [-0.25, -0.2) is 0 Å². The molecule has 3 aliphatic rings. The number of rotatable bonds is 9. The van der Waals surface area contributed by atoms with E-state index in [4.69, 9.17) is 9.47 Å². The van der Waals surface area contributed by atoms with Gasteiger partial charge in [-0.05, 0) is 78.8 Å². The van der Waals surface area contributed by atoms with Gasteiger partial charge in [0.15, 0.2) is 5.76 Å². The van der Waals surface area contributed by atoms with Crippen molar-refractivity contribution in [3.63, 3.8) is 0 Å². The van der Waals surface area contributed by atoms with Crippen molar-refractivity contribution in [3.8, 4) is 11.1 Å². The van der Waals surface area contributed by atoms with E-state index in [-0.39, 0.29) is 24.3 Å². The van der Waals surface area contributed by atoms with Crippen LogP contribution in [0.2, 0.25) is 0 Å². The number of allylic oxidation sites excluding steroid dienone is 1. The molecule has 0 radical (unpaired) electrons. The molecule has 0 saturated heterocycles. The highest BCUT2D eigenvalue weighted by molar-refractivity contribution is 5.91. The highest BCUT2D eigenvalue weighted by Crippen LogP contribution is 2.43. The third-order valence-corrected chi connectivity index (χ3v) is 7.09. The summed E-state index contributed by atoms with van der Waals surface area (Å²) >= 11 is 0. The quantitative estimate of drug-likeness (QED) is 0.506. The molecule has 174 valence electrons. The molecule has 1 saturated carbocycles. The fourth-order valence-electron chi connectivity index (χ4n) is 5.16. The second kappa shape index (κ2) is 9.70. The number of carbonyl (C=O) groups is 1. The summed E-state index contributed by atoms with van der Waals surface area (Å²) in [6.07, 6.45) is 6.19. The number of ether oxygens (including phenoxy) is 2. The van der Waals surface area contributed by atoms with Crippen LogP contribution in [0.5, 0.6) is 0 Å². The Labute approximate surface area is 195 Å². The first-order valence-electron chi connectivity index (χ1n) is 12.3. The van der Waals surface area contributed by atoms with E-state index >= 15 is 0 Å². The van der Waals surface area contributed by atoms with E-state index < -0.39 is 6.29 Å². The van der Waals surface area contributed by atoms with E-state index in [1.165, 1.54) is 40.7 Å². The summed E-state index contributed by atoms with van der Waals surface area (Å²) in [5.41, 5.74) is 6.45. The molecule has 1 fully saturated rings. The molecular weight excluding hydrogens is 414 g/mol. The molecule has 5 nitrogen and oxygen atoms in total. The fourth-order valence-corrected chi connectivity index (χ4v) is 5.16. The Morgan fingerprint density at radius 3 is 2.76 bits per heavy atom. The molecule has 33 heavy (non-hydrogen) atoms. The molecule has 2 aromatic carbocycles. The van der Waals surface area contributed by atoms with Crippen LogP contribution in [0, 0.1) is 11.8 Å². The molecule has 0 unspecified atom stereocenters. The minimum Gasteiger partial charge on any atom is -0.459 e. The molecule has 1 heterocycles. The van der Waals surface area contributed by atoms with Gasteiger partial charge >= 0.3 is 0 Å². The maximum absolute atomic E-state index is 12.9. The van der Waals surface area contributed by atoms with Gasteiger partial charge in [-0.15, -0.1) is 0 Å². The second-order valence-electron chi connectivity index (χ2n) is 9.43. The summed E-state index contributed by atoms with van der Waals surface area (Å²) < 4.78 is 12.1. The molecule has 1 amide bonds. The van der Waals surface area contributed by atoms with Crippen LogP contribution in [-0.2, 0) is 20.7 Å². The minimum atomic E-state index is -0.510. The van der Waals surface area contributed by atoms with Crippen molar-refractivity contribution >= 4 is 5.91 Å². The Morgan fingerprint density at radius 2 is 1.97 bits per heavy atom. The Balaban J connectivity index is 1.47. The number of fused-ring (bicyclic) bond motifs is 3. The Hall–Kier alpha value is -2.63. The average Bonchev–Trinajstić information content (AvgIpc) is 3.59. The number of aliphatic hydroxyl groups excluding tert-OH is 1. The van der Waals surface area contributed by atoms with Crippen molar-refractivity contribution in [2.75, 3.05) is 19.8 Å². The third-order valence-electron chi connectivity index (χ3n) is 7.09. The van der Waals surface area contributed by atoms with Crippen molar-refractivity contribution < 1.29 is 19.4 Å². The van der Waals surface area contributed by atoms with Crippen molar-refractivity contribution in [2.45, 2.75) is 51.2 Å². The van der Waals surface area contributed by atoms with Gasteiger partial charge in [-0.2, -0.15) is 0 Å². The van der Waals surface area contributed by atoms with E-state index in [1.54, 1.807) is 0 Å². The zero-order valence-electron chi connectivity index (χ0n) is 19.3. The number of nitrogens with one attached hydrogen (secondary N) is 1. The molecule has 2 N–H and O–H groups in total. The van der Waals surface area contributed by atoms with Crippen LogP contribution in [0.3, 0.4) is 0 Å². The lowest BCUT2D eigenvalue weighted by molar-refractivity contribution is -0.166.